The Morgan fingerprint density at radius 1 is 1.25 bits per heavy atom. The van der Waals surface area contributed by atoms with Crippen molar-refractivity contribution >= 4 is 5.96 Å². The minimum absolute atomic E-state index is 0.487. The Labute approximate surface area is 170 Å². The lowest BCUT2D eigenvalue weighted by molar-refractivity contribution is 0.0925. The molecule has 1 aromatic heterocycles. The average Bonchev–Trinajstić information content (AvgIpc) is 3.19. The summed E-state index contributed by atoms with van der Waals surface area (Å²) in [5.41, 5.74) is 0. The summed E-state index contributed by atoms with van der Waals surface area (Å²) in [6, 6.07) is 4.30. The summed E-state index contributed by atoms with van der Waals surface area (Å²) < 4.78 is 10.9. The first-order valence-corrected chi connectivity index (χ1v) is 10.6. The van der Waals surface area contributed by atoms with Gasteiger partial charge in [0.05, 0.1) is 12.8 Å². The van der Waals surface area contributed by atoms with Gasteiger partial charge in [-0.25, -0.2) is 0 Å². The predicted octanol–water partition coefficient (Wildman–Crippen LogP) is 2.01. The molecule has 7 heteroatoms. The van der Waals surface area contributed by atoms with Crippen molar-refractivity contribution < 1.29 is 9.15 Å². The van der Waals surface area contributed by atoms with Crippen LogP contribution in [-0.2, 0) is 11.3 Å². The summed E-state index contributed by atoms with van der Waals surface area (Å²) in [7, 11) is 2.20. The molecule has 1 unspecified atom stereocenters. The molecule has 2 rings (SSSR count). The Bertz CT molecular complexity index is 539. The van der Waals surface area contributed by atoms with Crippen LogP contribution >= 0.6 is 0 Å². The largest absolute Gasteiger partial charge is 0.467 e. The van der Waals surface area contributed by atoms with Gasteiger partial charge in [-0.15, -0.1) is 0 Å². The fourth-order valence-electron chi connectivity index (χ4n) is 3.38. The van der Waals surface area contributed by atoms with Crippen molar-refractivity contribution in [2.24, 2.45) is 10.9 Å². The first-order chi connectivity index (χ1) is 13.6. The maximum absolute atomic E-state index is 5.63. The maximum atomic E-state index is 5.63. The first-order valence-electron chi connectivity index (χ1n) is 10.6. The number of nitrogens with one attached hydrogen (secondary N) is 2. The molecule has 0 radical (unpaired) electrons. The van der Waals surface area contributed by atoms with E-state index in [1.54, 1.807) is 6.26 Å². The average molecular weight is 394 g/mol. The Balaban J connectivity index is 1.72. The van der Waals surface area contributed by atoms with E-state index in [1.165, 1.54) is 0 Å². The number of likely N-dealkylation sites (N-methyl/N-ethyl adjacent to an activating group) is 1. The molecule has 0 aromatic carbocycles. The molecule has 1 aliphatic rings. The van der Waals surface area contributed by atoms with Crippen molar-refractivity contribution in [2.75, 3.05) is 59.5 Å². The number of hydrogen-bond acceptors (Lipinski definition) is 5. The molecule has 1 fully saturated rings. The molecule has 28 heavy (non-hydrogen) atoms. The van der Waals surface area contributed by atoms with Crippen LogP contribution < -0.4 is 10.6 Å². The van der Waals surface area contributed by atoms with Crippen molar-refractivity contribution in [1.29, 1.82) is 0 Å². The second-order valence-corrected chi connectivity index (χ2v) is 7.78. The Morgan fingerprint density at radius 3 is 2.68 bits per heavy atom. The predicted molar refractivity (Wildman–Crippen MR) is 115 cm³/mol. The third-order valence-corrected chi connectivity index (χ3v) is 5.14. The second kappa shape index (κ2) is 12.8. The second-order valence-electron chi connectivity index (χ2n) is 7.78. The van der Waals surface area contributed by atoms with Crippen LogP contribution in [0.25, 0.3) is 0 Å². The van der Waals surface area contributed by atoms with E-state index in [4.69, 9.17) is 14.1 Å². The van der Waals surface area contributed by atoms with Gasteiger partial charge in [0, 0.05) is 51.9 Å². The van der Waals surface area contributed by atoms with Crippen LogP contribution in [0.4, 0.5) is 0 Å². The molecule has 2 N–H and O–H groups in total. The fraction of sp³-hybridized carbons (Fsp3) is 0.762. The molecule has 1 saturated heterocycles. The molecule has 0 aliphatic carbocycles. The lowest BCUT2D eigenvalue weighted by atomic mass is 10.0. The molecule has 0 saturated carbocycles. The molecule has 1 atom stereocenters. The quantitative estimate of drug-likeness (QED) is 0.341. The molecular weight excluding hydrogens is 354 g/mol. The number of furan rings is 1. The van der Waals surface area contributed by atoms with Crippen molar-refractivity contribution in [1.82, 2.24) is 20.4 Å². The van der Waals surface area contributed by atoms with Gasteiger partial charge in [0.2, 0.25) is 0 Å². The lowest BCUT2D eigenvalue weighted by Crippen LogP contribution is -2.52. The van der Waals surface area contributed by atoms with Crippen LogP contribution in [0, 0.1) is 5.92 Å². The minimum atomic E-state index is 0.487. The molecule has 1 aliphatic heterocycles. The molecule has 1 aromatic rings. The number of guanidine groups is 1. The van der Waals surface area contributed by atoms with Crippen LogP contribution in [0.1, 0.15) is 33.0 Å². The summed E-state index contributed by atoms with van der Waals surface area (Å²) in [5.74, 6) is 2.35. The summed E-state index contributed by atoms with van der Waals surface area (Å²) >= 11 is 0. The molecule has 0 spiro atoms. The molecule has 0 amide bonds. The number of ether oxygens (including phenoxy) is 1. The highest BCUT2D eigenvalue weighted by atomic mass is 16.5. The fourth-order valence-corrected chi connectivity index (χ4v) is 3.38. The number of hydrogen-bond donors (Lipinski definition) is 2. The highest BCUT2D eigenvalue weighted by molar-refractivity contribution is 5.79. The van der Waals surface area contributed by atoms with Crippen LogP contribution in [0.15, 0.2) is 27.8 Å². The van der Waals surface area contributed by atoms with Crippen molar-refractivity contribution in [3.05, 3.63) is 24.2 Å². The van der Waals surface area contributed by atoms with E-state index in [1.807, 2.05) is 12.1 Å². The van der Waals surface area contributed by atoms with Gasteiger partial charge in [-0.05, 0) is 38.4 Å². The van der Waals surface area contributed by atoms with Crippen LogP contribution in [-0.4, -0.2) is 81.3 Å². The maximum Gasteiger partial charge on any atom is 0.191 e. The SMILES string of the molecule is CCNC(=NCC(C(C)C)N1CCN(C)CC1)NCCCOCc1ccco1. The Kier molecular flexibility index (Phi) is 10.4. The summed E-state index contributed by atoms with van der Waals surface area (Å²) in [5, 5.41) is 6.78. The number of piperazine rings is 1. The van der Waals surface area contributed by atoms with Gasteiger partial charge in [-0.2, -0.15) is 0 Å². The molecular formula is C21H39N5O2. The zero-order valence-electron chi connectivity index (χ0n) is 18.1. The minimum Gasteiger partial charge on any atom is -0.467 e. The zero-order chi connectivity index (χ0) is 20.2. The van der Waals surface area contributed by atoms with Crippen LogP contribution in [0.3, 0.4) is 0 Å². The van der Waals surface area contributed by atoms with E-state index < -0.39 is 0 Å². The highest BCUT2D eigenvalue weighted by Gasteiger charge is 2.24. The number of aliphatic imine (C=N–C) groups is 1. The first kappa shape index (κ1) is 22.7. The van der Waals surface area contributed by atoms with Gasteiger partial charge in [-0.1, -0.05) is 13.8 Å². The third kappa shape index (κ3) is 8.20. The Morgan fingerprint density at radius 2 is 2.04 bits per heavy atom. The standard InChI is InChI=1S/C21H39N5O2/c1-5-22-21(23-9-7-14-27-17-19-8-6-15-28-19)24-16-20(18(2)3)26-12-10-25(4)11-13-26/h6,8,15,18,20H,5,7,9-14,16-17H2,1-4H3,(H2,22,23,24). The lowest BCUT2D eigenvalue weighted by Gasteiger charge is -2.39. The zero-order valence-corrected chi connectivity index (χ0v) is 18.1. The molecule has 0 bridgehead atoms. The summed E-state index contributed by atoms with van der Waals surface area (Å²) in [6.45, 7) is 15.0. The topological polar surface area (TPSA) is 65.3 Å². The van der Waals surface area contributed by atoms with E-state index in [9.17, 15) is 0 Å². The van der Waals surface area contributed by atoms with Gasteiger partial charge in [0.25, 0.3) is 0 Å². The van der Waals surface area contributed by atoms with Crippen molar-refractivity contribution in [3.8, 4) is 0 Å². The van der Waals surface area contributed by atoms with Crippen LogP contribution in [0.2, 0.25) is 0 Å². The van der Waals surface area contributed by atoms with Gasteiger partial charge in [0.15, 0.2) is 5.96 Å². The third-order valence-electron chi connectivity index (χ3n) is 5.14. The molecule has 2 heterocycles. The summed E-state index contributed by atoms with van der Waals surface area (Å²) in [4.78, 5) is 9.87. The van der Waals surface area contributed by atoms with Gasteiger partial charge < -0.3 is 24.7 Å². The van der Waals surface area contributed by atoms with E-state index in [2.05, 4.69) is 48.3 Å². The molecule has 160 valence electrons. The Hall–Kier alpha value is -1.57. The summed E-state index contributed by atoms with van der Waals surface area (Å²) in [6.07, 6.45) is 2.60. The van der Waals surface area contributed by atoms with Gasteiger partial charge in [0.1, 0.15) is 12.4 Å². The molecule has 7 nitrogen and oxygen atoms in total. The monoisotopic (exact) mass is 393 g/mol. The van der Waals surface area contributed by atoms with Crippen molar-refractivity contribution in [2.45, 2.75) is 39.8 Å². The van der Waals surface area contributed by atoms with Crippen LogP contribution in [0.5, 0.6) is 0 Å². The normalized spacial score (nSPS) is 17.8. The van der Waals surface area contributed by atoms with E-state index >= 15 is 0 Å². The number of nitrogens with zero attached hydrogens (tertiary/aromatic N) is 3. The van der Waals surface area contributed by atoms with Gasteiger partial charge in [-0.3, -0.25) is 9.89 Å². The van der Waals surface area contributed by atoms with Crippen molar-refractivity contribution in [3.63, 3.8) is 0 Å². The number of rotatable bonds is 11. The van der Waals surface area contributed by atoms with E-state index in [0.29, 0.717) is 25.2 Å². The van der Waals surface area contributed by atoms with E-state index in [-0.39, 0.29) is 0 Å². The van der Waals surface area contributed by atoms with E-state index in [0.717, 1.165) is 64.0 Å². The highest BCUT2D eigenvalue weighted by Crippen LogP contribution is 2.14. The smallest absolute Gasteiger partial charge is 0.191 e. The van der Waals surface area contributed by atoms with Gasteiger partial charge >= 0.3 is 0 Å².